The van der Waals surface area contributed by atoms with Gasteiger partial charge in [0.2, 0.25) is 0 Å². The number of aryl methyl sites for hydroxylation is 1. The Morgan fingerprint density at radius 2 is 2.56 bits per heavy atom. The Labute approximate surface area is 64.3 Å². The van der Waals surface area contributed by atoms with Crippen LogP contribution in [0.1, 0.15) is 5.69 Å². The van der Waals surface area contributed by atoms with Gasteiger partial charge in [0.05, 0.1) is 5.69 Å². The zero-order valence-corrected chi connectivity index (χ0v) is 6.50. The second kappa shape index (κ2) is 2.41. The highest BCUT2D eigenvalue weighted by atomic mass is 32.1. The maximum Gasteiger partial charge on any atom is 0.0597 e. The minimum atomic E-state index is 0.364. The number of thiocarbonyl (C=S) groups is 1. The third-order valence-electron chi connectivity index (χ3n) is 0.909. The summed E-state index contributed by atoms with van der Waals surface area (Å²) in [6, 6.07) is 1.86. The molecule has 0 bridgehead atoms. The lowest BCUT2D eigenvalue weighted by Gasteiger charge is -2.01. The second-order valence-corrected chi connectivity index (χ2v) is 2.70. The van der Waals surface area contributed by atoms with Gasteiger partial charge in [-0.1, -0.05) is 0 Å². The van der Waals surface area contributed by atoms with Crippen molar-refractivity contribution in [3.63, 3.8) is 0 Å². The Balaban J connectivity index is 2.98. The van der Waals surface area contributed by atoms with Crippen LogP contribution in [0, 0.1) is 6.92 Å². The van der Waals surface area contributed by atoms with E-state index in [1.807, 2.05) is 13.0 Å². The van der Waals surface area contributed by atoms with Gasteiger partial charge < -0.3 is 24.8 Å². The van der Waals surface area contributed by atoms with E-state index in [1.165, 1.54) is 4.68 Å². The number of hydrogen-bond acceptors (Lipinski definition) is 3. The van der Waals surface area contributed by atoms with E-state index in [0.29, 0.717) is 4.32 Å². The van der Waals surface area contributed by atoms with Gasteiger partial charge in [-0.25, -0.2) is 0 Å². The Morgan fingerprint density at radius 3 is 2.78 bits per heavy atom. The summed E-state index contributed by atoms with van der Waals surface area (Å²) >= 11 is 9.38. The van der Waals surface area contributed by atoms with Gasteiger partial charge in [-0.3, -0.25) is 4.68 Å². The molecule has 48 valence electrons. The maximum atomic E-state index is 4.69. The highest BCUT2D eigenvalue weighted by molar-refractivity contribution is 8.00. The molecule has 4 heteroatoms. The van der Waals surface area contributed by atoms with Gasteiger partial charge in [0.1, 0.15) is 0 Å². The van der Waals surface area contributed by atoms with Crippen LogP contribution in [0.2, 0.25) is 0 Å². The van der Waals surface area contributed by atoms with E-state index in [-0.39, 0.29) is 0 Å². The van der Waals surface area contributed by atoms with Crippen LogP contribution in [-0.4, -0.2) is 14.1 Å². The molecule has 0 aromatic carbocycles. The van der Waals surface area contributed by atoms with Gasteiger partial charge in [-0.15, -0.1) is 0 Å². The minimum absolute atomic E-state index is 0.364. The van der Waals surface area contributed by atoms with Gasteiger partial charge in [-0.05, 0) is 17.3 Å². The molecule has 0 saturated carbocycles. The molecule has 0 aliphatic carbocycles. The van der Waals surface area contributed by atoms with E-state index in [2.05, 4.69) is 5.10 Å². The first-order valence-corrected chi connectivity index (χ1v) is 3.25. The topological polar surface area (TPSA) is 17.8 Å². The molecule has 1 rings (SSSR count). The van der Waals surface area contributed by atoms with Crippen molar-refractivity contribution in [3.8, 4) is 0 Å². The standard InChI is InChI=1S/C5H6N2S2/c1-4-2-3-7(6-4)5(8)9/h2-3H,1H3,(H,8,9)/p-1. The first-order valence-electron chi connectivity index (χ1n) is 2.44. The lowest BCUT2D eigenvalue weighted by molar-refractivity contribution is 0.938. The van der Waals surface area contributed by atoms with Gasteiger partial charge >= 0.3 is 0 Å². The third kappa shape index (κ3) is 1.46. The Hall–Kier alpha value is -0.480. The molecule has 1 aromatic rings. The van der Waals surface area contributed by atoms with Crippen molar-refractivity contribution >= 4 is 29.2 Å². The number of nitrogens with zero attached hydrogens (tertiary/aromatic N) is 2. The van der Waals surface area contributed by atoms with Crippen molar-refractivity contribution in [3.05, 3.63) is 18.0 Å². The second-order valence-electron chi connectivity index (χ2n) is 1.67. The van der Waals surface area contributed by atoms with Crippen LogP contribution in [-0.2, 0) is 12.6 Å². The molecule has 1 aromatic heterocycles. The quantitative estimate of drug-likeness (QED) is 0.411. The van der Waals surface area contributed by atoms with Crippen molar-refractivity contribution in [1.29, 1.82) is 0 Å². The Bertz CT molecular complexity index is 229. The maximum absolute atomic E-state index is 4.69. The van der Waals surface area contributed by atoms with Gasteiger partial charge in [-0.2, -0.15) is 5.10 Å². The molecule has 0 aliphatic heterocycles. The van der Waals surface area contributed by atoms with E-state index in [9.17, 15) is 0 Å². The molecule has 1 heterocycles. The van der Waals surface area contributed by atoms with E-state index < -0.39 is 0 Å². The summed E-state index contributed by atoms with van der Waals surface area (Å²) < 4.78 is 1.86. The van der Waals surface area contributed by atoms with Crippen LogP contribution in [0.25, 0.3) is 0 Å². The molecule has 0 spiro atoms. The SMILES string of the molecule is Cc1ccn(C(=S)[S-])n1. The fourth-order valence-electron chi connectivity index (χ4n) is 0.517. The summed E-state index contributed by atoms with van der Waals surface area (Å²) in [4.78, 5) is 0. The predicted octanol–water partition coefficient (Wildman–Crippen LogP) is 0.871. The molecule has 0 aliphatic rings. The highest BCUT2D eigenvalue weighted by Gasteiger charge is 1.87. The molecule has 0 N–H and O–H groups in total. The molecule has 0 fully saturated rings. The number of aromatic nitrogens is 2. The highest BCUT2D eigenvalue weighted by Crippen LogP contribution is 1.91. The molecular formula is C5H5N2S2-. The van der Waals surface area contributed by atoms with E-state index >= 15 is 0 Å². The summed E-state index contributed by atoms with van der Waals surface area (Å²) in [5.74, 6) is 0. The summed E-state index contributed by atoms with van der Waals surface area (Å²) in [6.07, 6.45) is 1.75. The zero-order valence-electron chi connectivity index (χ0n) is 4.87. The van der Waals surface area contributed by atoms with Crippen molar-refractivity contribution in [1.82, 2.24) is 9.78 Å². The van der Waals surface area contributed by atoms with Gasteiger partial charge in [0, 0.05) is 6.20 Å². The molecule has 9 heavy (non-hydrogen) atoms. The van der Waals surface area contributed by atoms with Crippen molar-refractivity contribution < 1.29 is 0 Å². The minimum Gasteiger partial charge on any atom is -0.409 e. The first kappa shape index (κ1) is 6.64. The largest absolute Gasteiger partial charge is 0.409 e. The Morgan fingerprint density at radius 1 is 1.89 bits per heavy atom. The molecule has 0 saturated heterocycles. The Kier molecular flexibility index (Phi) is 1.78. The van der Waals surface area contributed by atoms with Crippen molar-refractivity contribution in [2.45, 2.75) is 6.92 Å². The first-order chi connectivity index (χ1) is 4.20. The summed E-state index contributed by atoms with van der Waals surface area (Å²) in [6.45, 7) is 1.89. The van der Waals surface area contributed by atoms with Crippen LogP contribution in [0.5, 0.6) is 0 Å². The molecule has 0 unspecified atom stereocenters. The molecule has 0 radical (unpaired) electrons. The molecule has 0 atom stereocenters. The van der Waals surface area contributed by atoms with Crippen LogP contribution in [0.15, 0.2) is 12.3 Å². The lowest BCUT2D eigenvalue weighted by Crippen LogP contribution is -2.04. The van der Waals surface area contributed by atoms with E-state index in [1.54, 1.807) is 6.20 Å². The van der Waals surface area contributed by atoms with Gasteiger partial charge in [0.25, 0.3) is 0 Å². The lowest BCUT2D eigenvalue weighted by atomic mass is 10.5. The molecular weight excluding hydrogens is 152 g/mol. The van der Waals surface area contributed by atoms with Crippen LogP contribution < -0.4 is 0 Å². The zero-order chi connectivity index (χ0) is 6.85. The van der Waals surface area contributed by atoms with Crippen LogP contribution in [0.4, 0.5) is 0 Å². The van der Waals surface area contributed by atoms with E-state index in [4.69, 9.17) is 24.8 Å². The smallest absolute Gasteiger partial charge is 0.0597 e. The number of rotatable bonds is 0. The average Bonchev–Trinajstić information content (AvgIpc) is 2.14. The van der Waals surface area contributed by atoms with Crippen molar-refractivity contribution in [2.75, 3.05) is 0 Å². The fraction of sp³-hybridized carbons (Fsp3) is 0.200. The normalized spacial score (nSPS) is 9.44. The average molecular weight is 157 g/mol. The third-order valence-corrected chi connectivity index (χ3v) is 1.28. The summed E-state index contributed by atoms with van der Waals surface area (Å²) in [5.41, 5.74) is 0.933. The van der Waals surface area contributed by atoms with Crippen LogP contribution >= 0.6 is 12.2 Å². The van der Waals surface area contributed by atoms with Gasteiger partial charge in [0.15, 0.2) is 0 Å². The van der Waals surface area contributed by atoms with E-state index in [0.717, 1.165) is 5.69 Å². The van der Waals surface area contributed by atoms with Crippen molar-refractivity contribution in [2.24, 2.45) is 0 Å². The molecule has 2 nitrogen and oxygen atoms in total. The fourth-order valence-corrected chi connectivity index (χ4v) is 0.720. The predicted molar refractivity (Wildman–Crippen MR) is 42.3 cm³/mol. The summed E-state index contributed by atoms with van der Waals surface area (Å²) in [7, 11) is 0. The monoisotopic (exact) mass is 157 g/mol. The number of hydrogen-bond donors (Lipinski definition) is 0. The molecule has 0 amide bonds. The summed E-state index contributed by atoms with van der Waals surface area (Å²) in [5, 5.41) is 3.98. The van der Waals surface area contributed by atoms with Crippen LogP contribution in [0.3, 0.4) is 0 Å².